The normalized spacial score (nSPS) is 6.78. The highest BCUT2D eigenvalue weighted by atomic mass is 32.2. The molecule has 0 spiro atoms. The Morgan fingerprint density at radius 2 is 0.652 bits per heavy atom. The molecule has 0 atom stereocenters. The fraction of sp³-hybridized carbons (Fsp3) is 0.727. The van der Waals surface area contributed by atoms with Gasteiger partial charge in [0.2, 0.25) is 0 Å². The monoisotopic (exact) mass is 350 g/mol. The Morgan fingerprint density at radius 1 is 0.435 bits per heavy atom. The van der Waals surface area contributed by atoms with E-state index in [1.54, 1.807) is 11.8 Å². The largest absolute Gasteiger partial charge is 0.138 e. The molecule has 0 amide bonds. The van der Waals surface area contributed by atoms with Gasteiger partial charge >= 0.3 is 0 Å². The molecule has 0 radical (unpaired) electrons. The van der Waals surface area contributed by atoms with Crippen LogP contribution < -0.4 is 0 Å². The predicted molar refractivity (Wildman–Crippen MR) is 126 cm³/mol. The molecule has 0 saturated carbocycles. The minimum atomic E-state index is 1.72. The van der Waals surface area contributed by atoms with Crippen LogP contribution >= 0.6 is 11.8 Å². The molecule has 0 bridgehead atoms. The summed E-state index contributed by atoms with van der Waals surface area (Å²) in [7, 11) is 0. The maximum atomic E-state index is 2.04. The molecule has 0 aliphatic rings. The van der Waals surface area contributed by atoms with E-state index in [-0.39, 0.29) is 0 Å². The standard InChI is InChI=1S/C6H10.C4H8S.6C2H6/c1-3-5-6-4-2;1-3-4-5-2;6*1-2/h3-6H,1-2H3;3-4H,1-2H3;6*1-2H3. The first-order chi connectivity index (χ1) is 11.3. The zero-order valence-electron chi connectivity index (χ0n) is 19.9. The maximum absolute atomic E-state index is 2.04. The van der Waals surface area contributed by atoms with Crippen LogP contribution in [-0.4, -0.2) is 6.26 Å². The third-order valence-corrected chi connectivity index (χ3v) is 1.31. The zero-order chi connectivity index (χ0) is 20.9. The number of rotatable bonds is 2. The number of allylic oxidation sites excluding steroid dienone is 5. The second-order valence-corrected chi connectivity index (χ2v) is 2.50. The van der Waals surface area contributed by atoms with Crippen molar-refractivity contribution in [2.24, 2.45) is 0 Å². The van der Waals surface area contributed by atoms with Gasteiger partial charge in [-0.2, -0.15) is 0 Å². The van der Waals surface area contributed by atoms with Crippen LogP contribution in [0.3, 0.4) is 0 Å². The van der Waals surface area contributed by atoms with Gasteiger partial charge in [-0.05, 0) is 32.4 Å². The van der Waals surface area contributed by atoms with Crippen LogP contribution in [0.2, 0.25) is 0 Å². The first-order valence-corrected chi connectivity index (χ1v) is 11.0. The summed E-state index contributed by atoms with van der Waals surface area (Å²) in [6.07, 6.45) is 12.1. The summed E-state index contributed by atoms with van der Waals surface area (Å²) in [5, 5.41) is 2.04. The maximum Gasteiger partial charge on any atom is -0.0142 e. The van der Waals surface area contributed by atoms with E-state index in [1.807, 2.05) is 146 Å². The van der Waals surface area contributed by atoms with Crippen molar-refractivity contribution in [3.05, 3.63) is 35.8 Å². The van der Waals surface area contributed by atoms with Crippen LogP contribution in [-0.2, 0) is 0 Å². The van der Waals surface area contributed by atoms with Gasteiger partial charge in [0.25, 0.3) is 0 Å². The average molecular weight is 351 g/mol. The van der Waals surface area contributed by atoms with Gasteiger partial charge in [-0.25, -0.2) is 0 Å². The van der Waals surface area contributed by atoms with Crippen LogP contribution in [0.4, 0.5) is 0 Å². The smallest absolute Gasteiger partial charge is 0.0142 e. The quantitative estimate of drug-likeness (QED) is 0.446. The molecule has 0 saturated heterocycles. The number of hydrogen-bond donors (Lipinski definition) is 0. The van der Waals surface area contributed by atoms with Gasteiger partial charge in [-0.3, -0.25) is 0 Å². The molecular weight excluding hydrogens is 296 g/mol. The van der Waals surface area contributed by atoms with Crippen molar-refractivity contribution in [1.82, 2.24) is 0 Å². The van der Waals surface area contributed by atoms with Crippen LogP contribution in [0.1, 0.15) is 104 Å². The summed E-state index contributed by atoms with van der Waals surface area (Å²) in [5.41, 5.74) is 0. The van der Waals surface area contributed by atoms with Crippen molar-refractivity contribution in [2.45, 2.75) is 104 Å². The molecule has 1 heteroatoms. The lowest BCUT2D eigenvalue weighted by molar-refractivity contribution is 1.50. The van der Waals surface area contributed by atoms with E-state index >= 15 is 0 Å². The van der Waals surface area contributed by atoms with Gasteiger partial charge in [0.1, 0.15) is 0 Å². The fourth-order valence-electron chi connectivity index (χ4n) is 0.358. The van der Waals surface area contributed by atoms with Crippen LogP contribution in [0, 0.1) is 0 Å². The topological polar surface area (TPSA) is 0 Å². The molecule has 0 aromatic heterocycles. The molecular formula is C22H54S. The van der Waals surface area contributed by atoms with E-state index in [1.165, 1.54) is 0 Å². The molecule has 0 aromatic carbocycles. The highest BCUT2D eigenvalue weighted by molar-refractivity contribution is 8.01. The van der Waals surface area contributed by atoms with Gasteiger partial charge in [-0.15, -0.1) is 11.8 Å². The van der Waals surface area contributed by atoms with Crippen molar-refractivity contribution in [3.8, 4) is 0 Å². The van der Waals surface area contributed by atoms with Crippen LogP contribution in [0.15, 0.2) is 35.8 Å². The molecule has 0 unspecified atom stereocenters. The van der Waals surface area contributed by atoms with Gasteiger partial charge in [0, 0.05) is 0 Å². The molecule has 0 N–H and O–H groups in total. The molecule has 0 nitrogen and oxygen atoms in total. The van der Waals surface area contributed by atoms with Gasteiger partial charge < -0.3 is 0 Å². The minimum absolute atomic E-state index is 1.72. The van der Waals surface area contributed by atoms with E-state index in [2.05, 4.69) is 0 Å². The van der Waals surface area contributed by atoms with E-state index in [4.69, 9.17) is 0 Å². The van der Waals surface area contributed by atoms with Crippen molar-refractivity contribution >= 4 is 11.8 Å². The summed E-state index contributed by atoms with van der Waals surface area (Å²) in [6, 6.07) is 0. The second-order valence-electron chi connectivity index (χ2n) is 1.76. The lowest BCUT2D eigenvalue weighted by Gasteiger charge is -1.66. The molecule has 0 aliphatic carbocycles. The van der Waals surface area contributed by atoms with Crippen LogP contribution in [0.5, 0.6) is 0 Å². The Hall–Kier alpha value is -0.430. The Bertz CT molecular complexity index is 112. The SMILES string of the molecule is CC.CC.CC.CC.CC.CC.CC=CC=CC.CC=CSC. The summed E-state index contributed by atoms with van der Waals surface area (Å²) in [6.45, 7) is 30.0. The third kappa shape index (κ3) is 396. The highest BCUT2D eigenvalue weighted by Crippen LogP contribution is 1.89. The summed E-state index contributed by atoms with van der Waals surface area (Å²) < 4.78 is 0. The predicted octanol–water partition coefficient (Wildman–Crippen LogP) is 10.2. The van der Waals surface area contributed by atoms with E-state index in [0.29, 0.717) is 0 Å². The second kappa shape index (κ2) is 211. The Balaban J connectivity index is -0.0000000201. The molecule has 23 heavy (non-hydrogen) atoms. The number of thioether (sulfide) groups is 1. The van der Waals surface area contributed by atoms with Crippen molar-refractivity contribution in [3.63, 3.8) is 0 Å². The van der Waals surface area contributed by atoms with Crippen LogP contribution in [0.25, 0.3) is 0 Å². The average Bonchev–Trinajstić information content (AvgIpc) is 2.71. The van der Waals surface area contributed by atoms with Gasteiger partial charge in [-0.1, -0.05) is 113 Å². The Kier molecular flexibility index (Phi) is 455. The summed E-state index contributed by atoms with van der Waals surface area (Å²) >= 11 is 1.72. The van der Waals surface area contributed by atoms with E-state index in [0.717, 1.165) is 0 Å². The van der Waals surface area contributed by atoms with Crippen molar-refractivity contribution in [1.29, 1.82) is 0 Å². The van der Waals surface area contributed by atoms with E-state index in [9.17, 15) is 0 Å². The summed E-state index contributed by atoms with van der Waals surface area (Å²) in [5.74, 6) is 0. The highest BCUT2D eigenvalue weighted by Gasteiger charge is 1.51. The third-order valence-electron chi connectivity index (χ3n) is 0.768. The molecule has 0 fully saturated rings. The van der Waals surface area contributed by atoms with Gasteiger partial charge in [0.15, 0.2) is 0 Å². The molecule has 0 aliphatic heterocycles. The first kappa shape index (κ1) is 49.5. The Morgan fingerprint density at radius 3 is 0.696 bits per heavy atom. The number of hydrogen-bond acceptors (Lipinski definition) is 1. The van der Waals surface area contributed by atoms with Crippen molar-refractivity contribution in [2.75, 3.05) is 6.26 Å². The minimum Gasteiger partial charge on any atom is -0.138 e. The lowest BCUT2D eigenvalue weighted by Crippen LogP contribution is -1.40. The molecule has 148 valence electrons. The molecule has 0 aromatic rings. The van der Waals surface area contributed by atoms with Crippen molar-refractivity contribution < 1.29 is 0 Å². The Labute approximate surface area is 157 Å². The zero-order valence-corrected chi connectivity index (χ0v) is 20.7. The van der Waals surface area contributed by atoms with E-state index < -0.39 is 0 Å². The molecule has 0 heterocycles. The van der Waals surface area contributed by atoms with Gasteiger partial charge in [0.05, 0.1) is 0 Å². The fourth-order valence-corrected chi connectivity index (χ4v) is 0.630. The lowest BCUT2D eigenvalue weighted by atomic mass is 10.5. The summed E-state index contributed by atoms with van der Waals surface area (Å²) in [4.78, 5) is 0. The molecule has 0 rings (SSSR count). The first-order valence-electron chi connectivity index (χ1n) is 9.71.